The Morgan fingerprint density at radius 3 is 2.30 bits per heavy atom. The van der Waals surface area contributed by atoms with Crippen LogP contribution in [-0.4, -0.2) is 4.99 Å². The number of anilines is 2. The highest BCUT2D eigenvalue weighted by Gasteiger charge is 2.15. The van der Waals surface area contributed by atoms with Crippen LogP contribution in [0.25, 0.3) is 0 Å². The van der Waals surface area contributed by atoms with Crippen LogP contribution in [0.3, 0.4) is 0 Å². The van der Waals surface area contributed by atoms with Crippen LogP contribution in [-0.2, 0) is 0 Å². The van der Waals surface area contributed by atoms with Gasteiger partial charge >= 0.3 is 0 Å². The third-order valence-electron chi connectivity index (χ3n) is 2.54. The number of nitrogens with one attached hydrogen (secondary N) is 1. The molecule has 0 radical (unpaired) electrons. The maximum absolute atomic E-state index is 13.8. The van der Waals surface area contributed by atoms with E-state index >= 15 is 0 Å². The quantitative estimate of drug-likeness (QED) is 0.836. The summed E-state index contributed by atoms with van der Waals surface area (Å²) in [6.45, 7) is 0. The van der Waals surface area contributed by atoms with Crippen LogP contribution in [0.1, 0.15) is 5.56 Å². The number of nitrogens with two attached hydrogens (primary N) is 1. The lowest BCUT2D eigenvalue weighted by atomic mass is 10.1. The lowest BCUT2D eigenvalue weighted by Gasteiger charge is -2.11. The average molecular weight is 317 g/mol. The van der Waals surface area contributed by atoms with Crippen molar-refractivity contribution in [2.75, 3.05) is 5.32 Å². The van der Waals surface area contributed by atoms with E-state index in [-0.39, 0.29) is 21.3 Å². The van der Waals surface area contributed by atoms with Gasteiger partial charge in [0.2, 0.25) is 0 Å². The van der Waals surface area contributed by atoms with Gasteiger partial charge in [-0.3, -0.25) is 0 Å². The maximum Gasteiger partial charge on any atom is 0.165 e. The van der Waals surface area contributed by atoms with Crippen molar-refractivity contribution in [3.63, 3.8) is 0 Å². The normalized spacial score (nSPS) is 10.4. The van der Waals surface area contributed by atoms with Crippen LogP contribution >= 0.6 is 23.8 Å². The first-order chi connectivity index (χ1) is 9.40. The van der Waals surface area contributed by atoms with Crippen LogP contribution in [0.5, 0.6) is 0 Å². The lowest BCUT2D eigenvalue weighted by molar-refractivity contribution is 0.589. The topological polar surface area (TPSA) is 38.0 Å². The number of hydrogen-bond acceptors (Lipinski definition) is 2. The molecular formula is C13H8ClF3N2S. The highest BCUT2D eigenvalue weighted by molar-refractivity contribution is 7.80. The van der Waals surface area contributed by atoms with E-state index in [1.807, 2.05) is 0 Å². The van der Waals surface area contributed by atoms with Crippen molar-refractivity contribution in [1.29, 1.82) is 0 Å². The predicted molar refractivity (Wildman–Crippen MR) is 76.9 cm³/mol. The molecular weight excluding hydrogens is 309 g/mol. The van der Waals surface area contributed by atoms with Crippen molar-refractivity contribution < 1.29 is 13.2 Å². The van der Waals surface area contributed by atoms with Crippen LogP contribution in [0, 0.1) is 17.5 Å². The molecule has 2 aromatic rings. The Kier molecular flexibility index (Phi) is 4.15. The molecule has 0 unspecified atom stereocenters. The van der Waals surface area contributed by atoms with E-state index in [1.165, 1.54) is 18.2 Å². The summed E-state index contributed by atoms with van der Waals surface area (Å²) in [6.07, 6.45) is 0. The Labute approximate surface area is 123 Å². The molecule has 0 heterocycles. The third-order valence-corrected chi connectivity index (χ3v) is 3.07. The molecule has 0 saturated carbocycles. The molecule has 20 heavy (non-hydrogen) atoms. The monoisotopic (exact) mass is 316 g/mol. The molecule has 0 atom stereocenters. The molecule has 2 nitrogen and oxygen atoms in total. The predicted octanol–water partition coefficient (Wildman–Crippen LogP) is 4.14. The van der Waals surface area contributed by atoms with Crippen molar-refractivity contribution in [1.82, 2.24) is 0 Å². The van der Waals surface area contributed by atoms with Crippen molar-refractivity contribution in [2.24, 2.45) is 5.73 Å². The van der Waals surface area contributed by atoms with Gasteiger partial charge in [0.25, 0.3) is 0 Å². The largest absolute Gasteiger partial charge is 0.389 e. The molecule has 0 aliphatic carbocycles. The van der Waals surface area contributed by atoms with Gasteiger partial charge in [0.1, 0.15) is 22.3 Å². The van der Waals surface area contributed by atoms with Crippen molar-refractivity contribution in [3.05, 3.63) is 58.4 Å². The number of halogens is 4. The van der Waals surface area contributed by atoms with Crippen LogP contribution < -0.4 is 11.1 Å². The molecule has 104 valence electrons. The lowest BCUT2D eigenvalue weighted by Crippen LogP contribution is -2.11. The zero-order valence-corrected chi connectivity index (χ0v) is 11.5. The van der Waals surface area contributed by atoms with Gasteiger partial charge in [0, 0.05) is 5.56 Å². The molecule has 3 N–H and O–H groups in total. The fourth-order valence-corrected chi connectivity index (χ4v) is 1.86. The Morgan fingerprint density at radius 1 is 1.15 bits per heavy atom. The van der Waals surface area contributed by atoms with Crippen molar-refractivity contribution in [3.8, 4) is 0 Å². The van der Waals surface area contributed by atoms with E-state index in [0.29, 0.717) is 0 Å². The summed E-state index contributed by atoms with van der Waals surface area (Å²) >= 11 is 10.2. The van der Waals surface area contributed by atoms with E-state index in [1.54, 1.807) is 0 Å². The van der Waals surface area contributed by atoms with Gasteiger partial charge in [-0.2, -0.15) is 0 Å². The molecule has 0 saturated heterocycles. The summed E-state index contributed by atoms with van der Waals surface area (Å²) in [7, 11) is 0. The fourth-order valence-electron chi connectivity index (χ4n) is 1.57. The van der Waals surface area contributed by atoms with Gasteiger partial charge in [0.15, 0.2) is 5.82 Å². The van der Waals surface area contributed by atoms with Crippen molar-refractivity contribution >= 4 is 40.2 Å². The SMILES string of the molecule is NC(=S)c1cc(F)c(Nc2cccc(Cl)c2F)c(F)c1. The molecule has 2 aromatic carbocycles. The second-order valence-electron chi connectivity index (χ2n) is 3.91. The highest BCUT2D eigenvalue weighted by Crippen LogP contribution is 2.29. The van der Waals surface area contributed by atoms with Crippen LogP contribution in [0.15, 0.2) is 30.3 Å². The van der Waals surface area contributed by atoms with Crippen LogP contribution in [0.4, 0.5) is 24.5 Å². The van der Waals surface area contributed by atoms with E-state index in [4.69, 9.17) is 17.3 Å². The van der Waals surface area contributed by atoms with Gasteiger partial charge in [0.05, 0.1) is 10.7 Å². The summed E-state index contributed by atoms with van der Waals surface area (Å²) in [5.74, 6) is -2.68. The molecule has 0 aromatic heterocycles. The van der Waals surface area contributed by atoms with Crippen molar-refractivity contribution in [2.45, 2.75) is 0 Å². The molecule has 0 aliphatic rings. The zero-order chi connectivity index (χ0) is 14.9. The molecule has 2 rings (SSSR count). The average Bonchev–Trinajstić information content (AvgIpc) is 2.38. The summed E-state index contributed by atoms with van der Waals surface area (Å²) in [4.78, 5) is -0.136. The standard InChI is InChI=1S/C13H8ClF3N2S/c14-7-2-1-3-10(11(7)17)19-12-8(15)4-6(13(18)20)5-9(12)16/h1-5,19H,(H2,18,20). The number of benzene rings is 2. The number of thiocarbonyl (C=S) groups is 1. The van der Waals surface area contributed by atoms with Gasteiger partial charge in [-0.1, -0.05) is 29.9 Å². The second kappa shape index (κ2) is 5.68. The molecule has 7 heteroatoms. The maximum atomic E-state index is 13.8. The van der Waals surface area contributed by atoms with Gasteiger partial charge < -0.3 is 11.1 Å². The van der Waals surface area contributed by atoms with E-state index < -0.39 is 23.1 Å². The van der Waals surface area contributed by atoms with E-state index in [0.717, 1.165) is 12.1 Å². The Balaban J connectivity index is 2.44. The fraction of sp³-hybridized carbons (Fsp3) is 0. The van der Waals surface area contributed by atoms with Gasteiger partial charge in [-0.25, -0.2) is 13.2 Å². The Hall–Kier alpha value is -1.79. The first kappa shape index (κ1) is 14.6. The molecule has 0 spiro atoms. The van der Waals surface area contributed by atoms with Gasteiger partial charge in [-0.05, 0) is 24.3 Å². The van der Waals surface area contributed by atoms with E-state index in [2.05, 4.69) is 17.5 Å². The van der Waals surface area contributed by atoms with Crippen LogP contribution in [0.2, 0.25) is 5.02 Å². The summed E-state index contributed by atoms with van der Waals surface area (Å²) < 4.78 is 41.3. The zero-order valence-electron chi connectivity index (χ0n) is 9.88. The number of rotatable bonds is 3. The summed E-state index contributed by atoms with van der Waals surface area (Å²) in [6, 6.07) is 6.02. The minimum atomic E-state index is -0.938. The minimum absolute atomic E-state index is 0.0483. The third kappa shape index (κ3) is 2.86. The second-order valence-corrected chi connectivity index (χ2v) is 4.75. The smallest absolute Gasteiger partial charge is 0.165 e. The first-order valence-electron chi connectivity index (χ1n) is 5.40. The molecule has 0 aliphatic heterocycles. The molecule has 0 bridgehead atoms. The Bertz CT molecular complexity index is 668. The summed E-state index contributed by atoms with van der Waals surface area (Å²) in [5, 5.41) is 2.17. The summed E-state index contributed by atoms with van der Waals surface area (Å²) in [5.41, 5.74) is 4.70. The number of hydrogen-bond donors (Lipinski definition) is 2. The molecule has 0 amide bonds. The highest BCUT2D eigenvalue weighted by atomic mass is 35.5. The van der Waals surface area contributed by atoms with Gasteiger partial charge in [-0.15, -0.1) is 0 Å². The van der Waals surface area contributed by atoms with E-state index in [9.17, 15) is 13.2 Å². The molecule has 0 fully saturated rings. The minimum Gasteiger partial charge on any atom is -0.389 e. The Morgan fingerprint density at radius 2 is 1.75 bits per heavy atom. The first-order valence-corrected chi connectivity index (χ1v) is 6.18.